The minimum atomic E-state index is -1.11. The van der Waals surface area contributed by atoms with Crippen LogP contribution in [0.1, 0.15) is 51.9 Å². The first-order chi connectivity index (χ1) is 7.72. The van der Waals surface area contributed by atoms with Gasteiger partial charge in [0.15, 0.2) is 6.10 Å². The lowest BCUT2D eigenvalue weighted by molar-refractivity contribution is -0.147. The van der Waals surface area contributed by atoms with E-state index in [1.54, 1.807) is 0 Å². The molecule has 0 aliphatic rings. The van der Waals surface area contributed by atoms with Crippen molar-refractivity contribution in [2.75, 3.05) is 7.11 Å². The smallest absolute Gasteiger partial charge is 0.338 e. The van der Waals surface area contributed by atoms with Gasteiger partial charge in [-0.25, -0.2) is 4.79 Å². The molecule has 0 fully saturated rings. The Balaban J connectivity index is 3.37. The predicted octanol–water partition coefficient (Wildman–Crippen LogP) is 2.83. The standard InChI is InChI=1S/C13H24O3/c1-3-4-5-6-7-8-9-10-11-12(14)13(15)16-2/h10-12,14H,3-9H2,1-2H3/b11-10+. The number of esters is 1. The van der Waals surface area contributed by atoms with Crippen LogP contribution in [-0.2, 0) is 9.53 Å². The molecule has 0 saturated heterocycles. The SMILES string of the molecule is CCCCCCCC/C=C/C(O)C(=O)OC. The fraction of sp³-hybridized carbons (Fsp3) is 0.769. The predicted molar refractivity (Wildman–Crippen MR) is 65.2 cm³/mol. The third-order valence-electron chi connectivity index (χ3n) is 2.49. The van der Waals surface area contributed by atoms with Crippen LogP contribution in [0.2, 0.25) is 0 Å². The van der Waals surface area contributed by atoms with E-state index >= 15 is 0 Å². The number of methoxy groups -OCH3 is 1. The molecule has 0 bridgehead atoms. The van der Waals surface area contributed by atoms with E-state index in [9.17, 15) is 9.90 Å². The molecule has 0 spiro atoms. The van der Waals surface area contributed by atoms with Gasteiger partial charge in [0, 0.05) is 0 Å². The first-order valence-electron chi connectivity index (χ1n) is 6.15. The number of ether oxygens (including phenoxy) is 1. The Morgan fingerprint density at radius 2 is 1.88 bits per heavy atom. The van der Waals surface area contributed by atoms with Crippen LogP contribution >= 0.6 is 0 Å². The summed E-state index contributed by atoms with van der Waals surface area (Å²) in [6, 6.07) is 0. The van der Waals surface area contributed by atoms with E-state index in [-0.39, 0.29) is 0 Å². The molecule has 0 aliphatic heterocycles. The van der Waals surface area contributed by atoms with Crippen LogP contribution < -0.4 is 0 Å². The highest BCUT2D eigenvalue weighted by Crippen LogP contribution is 2.07. The maximum atomic E-state index is 10.8. The average Bonchev–Trinajstić information content (AvgIpc) is 2.31. The van der Waals surface area contributed by atoms with Crippen LogP contribution in [-0.4, -0.2) is 24.3 Å². The normalized spacial score (nSPS) is 12.9. The summed E-state index contributed by atoms with van der Waals surface area (Å²) in [7, 11) is 1.27. The van der Waals surface area contributed by atoms with Gasteiger partial charge in [-0.2, -0.15) is 0 Å². The van der Waals surface area contributed by atoms with Gasteiger partial charge in [0.25, 0.3) is 0 Å². The summed E-state index contributed by atoms with van der Waals surface area (Å²) >= 11 is 0. The highest BCUT2D eigenvalue weighted by molar-refractivity contribution is 5.76. The van der Waals surface area contributed by atoms with Crippen molar-refractivity contribution in [1.29, 1.82) is 0 Å². The van der Waals surface area contributed by atoms with Gasteiger partial charge in [-0.15, -0.1) is 0 Å². The minimum absolute atomic E-state index is 0.598. The highest BCUT2D eigenvalue weighted by Gasteiger charge is 2.09. The number of aliphatic hydroxyl groups is 1. The molecule has 1 atom stereocenters. The zero-order valence-corrected chi connectivity index (χ0v) is 10.4. The van der Waals surface area contributed by atoms with Crippen LogP contribution in [0.25, 0.3) is 0 Å². The van der Waals surface area contributed by atoms with Crippen molar-refractivity contribution >= 4 is 5.97 Å². The van der Waals surface area contributed by atoms with Crippen molar-refractivity contribution < 1.29 is 14.6 Å². The minimum Gasteiger partial charge on any atom is -0.467 e. The highest BCUT2D eigenvalue weighted by atomic mass is 16.5. The van der Waals surface area contributed by atoms with E-state index in [0.717, 1.165) is 12.8 Å². The van der Waals surface area contributed by atoms with Gasteiger partial charge in [0.05, 0.1) is 7.11 Å². The Hall–Kier alpha value is -0.830. The average molecular weight is 228 g/mol. The van der Waals surface area contributed by atoms with Crippen molar-refractivity contribution in [3.05, 3.63) is 12.2 Å². The largest absolute Gasteiger partial charge is 0.467 e. The van der Waals surface area contributed by atoms with E-state index < -0.39 is 12.1 Å². The second-order valence-electron chi connectivity index (χ2n) is 3.95. The maximum absolute atomic E-state index is 10.8. The number of carbonyl (C=O) groups excluding carboxylic acids is 1. The molecular weight excluding hydrogens is 204 g/mol. The first-order valence-corrected chi connectivity index (χ1v) is 6.15. The summed E-state index contributed by atoms with van der Waals surface area (Å²) in [5, 5.41) is 9.23. The van der Waals surface area contributed by atoms with Crippen LogP contribution in [0.4, 0.5) is 0 Å². The molecular formula is C13H24O3. The van der Waals surface area contributed by atoms with Gasteiger partial charge in [-0.1, -0.05) is 45.1 Å². The lowest BCUT2D eigenvalue weighted by Crippen LogP contribution is -2.18. The summed E-state index contributed by atoms with van der Waals surface area (Å²) in [5.74, 6) is -0.598. The monoisotopic (exact) mass is 228 g/mol. The second kappa shape index (κ2) is 10.7. The number of hydrogen-bond acceptors (Lipinski definition) is 3. The van der Waals surface area contributed by atoms with E-state index in [4.69, 9.17) is 0 Å². The number of carbonyl (C=O) groups is 1. The van der Waals surface area contributed by atoms with Gasteiger partial charge in [-0.05, 0) is 18.9 Å². The number of aliphatic hydroxyl groups excluding tert-OH is 1. The zero-order chi connectivity index (χ0) is 12.2. The van der Waals surface area contributed by atoms with Crippen LogP contribution in [0.3, 0.4) is 0 Å². The van der Waals surface area contributed by atoms with Gasteiger partial charge >= 0.3 is 5.97 Å². The fourth-order valence-corrected chi connectivity index (χ4v) is 1.47. The Morgan fingerprint density at radius 1 is 1.25 bits per heavy atom. The summed E-state index contributed by atoms with van der Waals surface area (Å²) in [5.41, 5.74) is 0. The molecule has 3 nitrogen and oxygen atoms in total. The quantitative estimate of drug-likeness (QED) is 0.375. The second-order valence-corrected chi connectivity index (χ2v) is 3.95. The van der Waals surface area contributed by atoms with Crippen LogP contribution in [0, 0.1) is 0 Å². The lowest BCUT2D eigenvalue weighted by Gasteiger charge is -2.02. The van der Waals surface area contributed by atoms with Gasteiger partial charge in [-0.3, -0.25) is 0 Å². The van der Waals surface area contributed by atoms with Gasteiger partial charge in [0.2, 0.25) is 0 Å². The fourth-order valence-electron chi connectivity index (χ4n) is 1.47. The number of allylic oxidation sites excluding steroid dienone is 1. The molecule has 1 N–H and O–H groups in total. The molecule has 0 aromatic rings. The number of hydrogen-bond donors (Lipinski definition) is 1. The molecule has 0 aliphatic carbocycles. The molecule has 0 heterocycles. The molecule has 0 amide bonds. The topological polar surface area (TPSA) is 46.5 Å². The number of unbranched alkanes of at least 4 members (excludes halogenated alkanes) is 6. The van der Waals surface area contributed by atoms with Crippen molar-refractivity contribution in [2.24, 2.45) is 0 Å². The van der Waals surface area contributed by atoms with E-state index in [2.05, 4.69) is 11.7 Å². The van der Waals surface area contributed by atoms with E-state index in [0.29, 0.717) is 0 Å². The van der Waals surface area contributed by atoms with Crippen molar-refractivity contribution in [2.45, 2.75) is 58.0 Å². The summed E-state index contributed by atoms with van der Waals surface area (Å²) in [6.45, 7) is 2.21. The van der Waals surface area contributed by atoms with Crippen LogP contribution in [0.5, 0.6) is 0 Å². The molecule has 0 saturated carbocycles. The lowest BCUT2D eigenvalue weighted by atomic mass is 10.1. The molecule has 0 aromatic carbocycles. The Morgan fingerprint density at radius 3 is 2.50 bits per heavy atom. The Kier molecular flexibility index (Phi) is 10.1. The third kappa shape index (κ3) is 8.48. The third-order valence-corrected chi connectivity index (χ3v) is 2.49. The Bertz CT molecular complexity index is 199. The molecule has 0 rings (SSSR count). The molecule has 3 heteroatoms. The summed E-state index contributed by atoms with van der Waals surface area (Å²) < 4.78 is 4.39. The molecule has 94 valence electrons. The Labute approximate surface area is 98.5 Å². The van der Waals surface area contributed by atoms with Gasteiger partial charge in [0.1, 0.15) is 0 Å². The first kappa shape index (κ1) is 15.2. The van der Waals surface area contributed by atoms with E-state index in [1.165, 1.54) is 45.3 Å². The maximum Gasteiger partial charge on any atom is 0.338 e. The number of rotatable bonds is 9. The summed E-state index contributed by atoms with van der Waals surface area (Å²) in [6.07, 6.45) is 10.7. The zero-order valence-electron chi connectivity index (χ0n) is 10.4. The molecule has 1 unspecified atom stereocenters. The van der Waals surface area contributed by atoms with Crippen molar-refractivity contribution in [3.63, 3.8) is 0 Å². The molecule has 16 heavy (non-hydrogen) atoms. The molecule has 0 radical (unpaired) electrons. The van der Waals surface area contributed by atoms with Crippen LogP contribution in [0.15, 0.2) is 12.2 Å². The molecule has 0 aromatic heterocycles. The van der Waals surface area contributed by atoms with E-state index in [1.807, 2.05) is 6.08 Å². The van der Waals surface area contributed by atoms with Crippen molar-refractivity contribution in [1.82, 2.24) is 0 Å². The van der Waals surface area contributed by atoms with Crippen molar-refractivity contribution in [3.8, 4) is 0 Å². The summed E-state index contributed by atoms with van der Waals surface area (Å²) in [4.78, 5) is 10.8. The van der Waals surface area contributed by atoms with Gasteiger partial charge < -0.3 is 9.84 Å².